The molecule has 0 amide bonds. The third-order valence-electron chi connectivity index (χ3n) is 0.235. The van der Waals surface area contributed by atoms with Gasteiger partial charge in [-0.2, -0.15) is 8.58 Å². The normalized spacial score (nSPS) is 8.25. The standard InChI is InChI=1S/C2H2Cl2O4/c1-2(7-3-5)8-4-6/h1H2. The van der Waals surface area contributed by atoms with E-state index in [0.717, 1.165) is 0 Å². The first-order valence-electron chi connectivity index (χ1n) is 1.38. The van der Waals surface area contributed by atoms with Crippen LogP contribution < -0.4 is 9.32 Å². The molecule has 0 aromatic rings. The Morgan fingerprint density at radius 2 is 1.62 bits per heavy atom. The van der Waals surface area contributed by atoms with Crippen molar-refractivity contribution in [1.82, 2.24) is 0 Å². The van der Waals surface area contributed by atoms with Crippen molar-refractivity contribution in [1.29, 1.82) is 0 Å². The Morgan fingerprint density at radius 1 is 1.25 bits per heavy atom. The summed E-state index contributed by atoms with van der Waals surface area (Å²) in [5.41, 5.74) is 0. The molecular formula is C2H2Cl2O4. The molecule has 0 saturated heterocycles. The van der Waals surface area contributed by atoms with Crippen molar-refractivity contribution in [2.24, 2.45) is 0 Å². The molecule has 0 rings (SSSR count). The Bertz CT molecular complexity index is 66.4. The van der Waals surface area contributed by atoms with Crippen LogP contribution in [0.5, 0.6) is 0 Å². The first-order valence-corrected chi connectivity index (χ1v) is 2.61. The minimum absolute atomic E-state index is 0.215. The Balaban J connectivity index is 3.06. The zero-order valence-corrected chi connectivity index (χ0v) is 5.11. The number of hydrogen-bond donors (Lipinski definition) is 0. The van der Waals surface area contributed by atoms with Gasteiger partial charge in [-0.25, -0.2) is 0 Å². The van der Waals surface area contributed by atoms with Crippen molar-refractivity contribution in [2.75, 3.05) is 0 Å². The molecule has 0 saturated carbocycles. The van der Waals surface area contributed by atoms with Crippen LogP contribution in [0.1, 0.15) is 0 Å². The molecule has 4 nitrogen and oxygen atoms in total. The molecule has 6 heteroatoms. The molecule has 0 heterocycles. The fourth-order valence-corrected chi connectivity index (χ4v) is 0.318. The minimum atomic E-state index is -0.336. The fraction of sp³-hybridized carbons (Fsp3) is 0. The summed E-state index contributed by atoms with van der Waals surface area (Å²) in [7, 11) is 0. The Morgan fingerprint density at radius 3 is 1.88 bits per heavy atom. The summed E-state index contributed by atoms with van der Waals surface area (Å²) in [5, 5.41) is 0. The van der Waals surface area contributed by atoms with Crippen LogP contribution in [0.4, 0.5) is 0 Å². The molecule has 8 heavy (non-hydrogen) atoms. The molecule has 0 spiro atoms. The second kappa shape index (κ2) is 4.99. The second-order valence-corrected chi connectivity index (χ2v) is 1.21. The van der Waals surface area contributed by atoms with Crippen LogP contribution in [-0.2, 0) is 8.58 Å². The van der Waals surface area contributed by atoms with Gasteiger partial charge >= 0.3 is 28.6 Å². The van der Waals surface area contributed by atoms with Crippen LogP contribution in [0, 0.1) is 22.7 Å². The molecule has 0 aromatic heterocycles. The first kappa shape index (κ1) is 7.84. The Kier molecular flexibility index (Phi) is 4.89. The van der Waals surface area contributed by atoms with Crippen LogP contribution >= 0.6 is 0 Å². The summed E-state index contributed by atoms with van der Waals surface area (Å²) >= 11 is 0.430. The van der Waals surface area contributed by atoms with Crippen LogP contribution in [0.2, 0.25) is 0 Å². The molecule has 0 fully saturated rings. The van der Waals surface area contributed by atoms with E-state index in [-0.39, 0.29) is 28.6 Å². The summed E-state index contributed by atoms with van der Waals surface area (Å²) in [4.78, 5) is 0. The molecule has 0 atom stereocenters. The van der Waals surface area contributed by atoms with Gasteiger partial charge in [-0.1, -0.05) is 0 Å². The van der Waals surface area contributed by atoms with Gasteiger partial charge in [0.15, 0.2) is 0 Å². The maximum Gasteiger partial charge on any atom is 0.413 e. The molecule has 0 aliphatic rings. The predicted octanol–water partition coefficient (Wildman–Crippen LogP) is -1.96. The maximum atomic E-state index is 9.40. The number of hydrogen-bond acceptors (Lipinski definition) is 4. The van der Waals surface area contributed by atoms with Gasteiger partial charge in [-0.3, -0.25) is 0 Å². The first-order chi connectivity index (χ1) is 3.81. The van der Waals surface area contributed by atoms with E-state index in [2.05, 4.69) is 15.2 Å². The topological polar surface area (TPSA) is 64.6 Å². The highest BCUT2D eigenvalue weighted by molar-refractivity contribution is 4.59. The van der Waals surface area contributed by atoms with Crippen molar-refractivity contribution in [2.45, 2.75) is 0 Å². The zero-order chi connectivity index (χ0) is 6.41. The van der Waals surface area contributed by atoms with E-state index in [0.29, 0.717) is 0 Å². The van der Waals surface area contributed by atoms with Gasteiger partial charge in [0.05, 0.1) is 0 Å². The van der Waals surface area contributed by atoms with Crippen molar-refractivity contribution >= 4 is 0 Å². The van der Waals surface area contributed by atoms with Crippen LogP contribution in [0.25, 0.3) is 0 Å². The summed E-state index contributed by atoms with van der Waals surface area (Å²) in [5.74, 6) is -0.336. The van der Waals surface area contributed by atoms with Gasteiger partial charge in [0.25, 0.3) is 0 Å². The lowest BCUT2D eigenvalue weighted by atomic mass is 11.1. The van der Waals surface area contributed by atoms with Gasteiger partial charge in [-0.05, 0) is 6.58 Å². The highest BCUT2D eigenvalue weighted by Gasteiger charge is 2.06. The smallest absolute Gasteiger partial charge is 0.413 e. The maximum absolute atomic E-state index is 9.40. The summed E-state index contributed by atoms with van der Waals surface area (Å²) < 4.78 is 26.7. The zero-order valence-electron chi connectivity index (χ0n) is 3.60. The SMILES string of the molecule is C=C(O[Cl+][O-])O[Cl+][O-]. The molecule has 0 N–H and O–H groups in total. The lowest BCUT2D eigenvalue weighted by molar-refractivity contribution is -1.29. The number of halogens is 2. The van der Waals surface area contributed by atoms with E-state index in [1.165, 1.54) is 0 Å². The van der Waals surface area contributed by atoms with Crippen molar-refractivity contribution < 1.29 is 40.5 Å². The highest BCUT2D eigenvalue weighted by atomic mass is 35.6. The van der Waals surface area contributed by atoms with Gasteiger partial charge in [0, 0.05) is 0 Å². The van der Waals surface area contributed by atoms with Gasteiger partial charge in [-0.15, -0.1) is 0 Å². The average molecular weight is 161 g/mol. The highest BCUT2D eigenvalue weighted by Crippen LogP contribution is 1.92. The van der Waals surface area contributed by atoms with Gasteiger partial charge in [0.1, 0.15) is 0 Å². The van der Waals surface area contributed by atoms with Crippen LogP contribution in [0.15, 0.2) is 12.5 Å². The average Bonchev–Trinajstić information content (AvgIpc) is 1.68. The van der Waals surface area contributed by atoms with Crippen LogP contribution in [0.3, 0.4) is 0 Å². The molecule has 0 unspecified atom stereocenters. The van der Waals surface area contributed by atoms with Crippen molar-refractivity contribution in [3.8, 4) is 0 Å². The minimum Gasteiger partial charge on any atom is -0.495 e. The Hall–Kier alpha value is -0.160. The largest absolute Gasteiger partial charge is 0.495 e. The quantitative estimate of drug-likeness (QED) is 0.449. The van der Waals surface area contributed by atoms with E-state index in [1.807, 2.05) is 0 Å². The van der Waals surface area contributed by atoms with Gasteiger partial charge in [0.2, 0.25) is 0 Å². The van der Waals surface area contributed by atoms with E-state index < -0.39 is 0 Å². The predicted molar refractivity (Wildman–Crippen MR) is 11.3 cm³/mol. The van der Waals surface area contributed by atoms with E-state index in [4.69, 9.17) is 0 Å². The van der Waals surface area contributed by atoms with Gasteiger partial charge < -0.3 is 9.32 Å². The fourth-order valence-electron chi connectivity index (χ4n) is 0.0822. The summed E-state index contributed by atoms with van der Waals surface area (Å²) in [6.45, 7) is 3.02. The molecular weight excluding hydrogens is 159 g/mol. The van der Waals surface area contributed by atoms with E-state index in [1.54, 1.807) is 0 Å². The lowest BCUT2D eigenvalue weighted by Gasteiger charge is -1.84. The molecule has 0 aliphatic carbocycles. The molecule has 0 aromatic carbocycles. The van der Waals surface area contributed by atoms with Crippen molar-refractivity contribution in [3.05, 3.63) is 12.5 Å². The lowest BCUT2D eigenvalue weighted by Crippen LogP contribution is -2.09. The van der Waals surface area contributed by atoms with Crippen LogP contribution in [-0.4, -0.2) is 0 Å². The summed E-state index contributed by atoms with van der Waals surface area (Å²) in [6.07, 6.45) is 0. The van der Waals surface area contributed by atoms with Crippen molar-refractivity contribution in [3.63, 3.8) is 0 Å². The van der Waals surface area contributed by atoms with E-state index >= 15 is 0 Å². The second-order valence-electron chi connectivity index (χ2n) is 0.652. The third-order valence-corrected chi connectivity index (χ3v) is 0.705. The Labute approximate surface area is 53.8 Å². The van der Waals surface area contributed by atoms with E-state index in [9.17, 15) is 9.32 Å². The molecule has 0 aliphatic heterocycles. The summed E-state index contributed by atoms with van der Waals surface area (Å²) in [6, 6.07) is 0. The monoisotopic (exact) mass is 160 g/mol. The molecule has 0 radical (unpaired) electrons. The number of rotatable bonds is 4. The molecule has 0 bridgehead atoms. The third kappa shape index (κ3) is 4.01. The molecule has 48 valence electrons.